The third-order valence-corrected chi connectivity index (χ3v) is 1.28. The van der Waals surface area contributed by atoms with Crippen molar-refractivity contribution < 1.29 is 4.39 Å². The van der Waals surface area contributed by atoms with E-state index < -0.39 is 0 Å². The molecule has 0 radical (unpaired) electrons. The van der Waals surface area contributed by atoms with E-state index in [0.717, 1.165) is 0 Å². The Morgan fingerprint density at radius 1 is 1.56 bits per heavy atom. The topological polar surface area (TPSA) is 12.9 Å². The van der Waals surface area contributed by atoms with Gasteiger partial charge < -0.3 is 0 Å². The van der Waals surface area contributed by atoms with Gasteiger partial charge in [-0.15, -0.1) is 0 Å². The average Bonchev–Trinajstić information content (AvgIpc) is 1.83. The van der Waals surface area contributed by atoms with Gasteiger partial charge in [0.15, 0.2) is 0 Å². The molecule has 0 amide bonds. The number of rotatable bonds is 0. The molecule has 0 saturated carbocycles. The van der Waals surface area contributed by atoms with Gasteiger partial charge in [0.1, 0.15) is 5.82 Å². The quantitative estimate of drug-likeness (QED) is 0.545. The standard InChI is InChI=1S/C6H5ClFN/c1-4-2-9-3-5(7)6(4)8/h2-3H,1H3. The zero-order valence-corrected chi connectivity index (χ0v) is 5.61. The van der Waals surface area contributed by atoms with Crippen molar-refractivity contribution in [2.24, 2.45) is 0 Å². The maximum Gasteiger partial charge on any atom is 0.147 e. The van der Waals surface area contributed by atoms with Crippen molar-refractivity contribution in [3.63, 3.8) is 0 Å². The Labute approximate surface area is 57.5 Å². The molecule has 0 atom stereocenters. The summed E-state index contributed by atoms with van der Waals surface area (Å²) in [5, 5.41) is 0.0787. The zero-order valence-electron chi connectivity index (χ0n) is 4.86. The monoisotopic (exact) mass is 145 g/mol. The molecule has 0 aliphatic rings. The van der Waals surface area contributed by atoms with E-state index in [9.17, 15) is 4.39 Å². The van der Waals surface area contributed by atoms with Crippen molar-refractivity contribution in [2.45, 2.75) is 6.92 Å². The third kappa shape index (κ3) is 1.19. The first-order chi connectivity index (χ1) is 4.22. The van der Waals surface area contributed by atoms with E-state index in [1.807, 2.05) is 0 Å². The van der Waals surface area contributed by atoms with E-state index in [0.29, 0.717) is 5.56 Å². The lowest BCUT2D eigenvalue weighted by Crippen LogP contribution is -1.83. The highest BCUT2D eigenvalue weighted by Crippen LogP contribution is 2.14. The van der Waals surface area contributed by atoms with Crippen molar-refractivity contribution in [1.29, 1.82) is 0 Å². The van der Waals surface area contributed by atoms with Crippen LogP contribution in [0.15, 0.2) is 12.4 Å². The molecule has 3 heteroatoms. The summed E-state index contributed by atoms with van der Waals surface area (Å²) in [6, 6.07) is 0. The van der Waals surface area contributed by atoms with E-state index in [1.165, 1.54) is 12.4 Å². The minimum atomic E-state index is -0.383. The Bertz CT molecular complexity index is 204. The van der Waals surface area contributed by atoms with Crippen molar-refractivity contribution in [2.75, 3.05) is 0 Å². The van der Waals surface area contributed by atoms with E-state index in [1.54, 1.807) is 6.92 Å². The molecule has 0 bridgehead atoms. The minimum Gasteiger partial charge on any atom is -0.263 e. The summed E-state index contributed by atoms with van der Waals surface area (Å²) in [5.41, 5.74) is 0.475. The molecule has 0 spiro atoms. The number of aromatic nitrogens is 1. The first-order valence-corrected chi connectivity index (χ1v) is 2.85. The highest BCUT2D eigenvalue weighted by atomic mass is 35.5. The van der Waals surface area contributed by atoms with Gasteiger partial charge in [0.25, 0.3) is 0 Å². The molecule has 0 fully saturated rings. The fourth-order valence-electron chi connectivity index (χ4n) is 0.516. The van der Waals surface area contributed by atoms with Crippen molar-refractivity contribution >= 4 is 11.6 Å². The Kier molecular flexibility index (Phi) is 1.67. The van der Waals surface area contributed by atoms with Gasteiger partial charge in [0.05, 0.1) is 5.02 Å². The Hall–Kier alpha value is -0.630. The predicted molar refractivity (Wildman–Crippen MR) is 33.9 cm³/mol. The van der Waals surface area contributed by atoms with Gasteiger partial charge >= 0.3 is 0 Å². The minimum absolute atomic E-state index is 0.0787. The number of hydrogen-bond donors (Lipinski definition) is 0. The Balaban J connectivity index is 3.25. The van der Waals surface area contributed by atoms with Gasteiger partial charge in [0.2, 0.25) is 0 Å². The maximum atomic E-state index is 12.6. The fourth-order valence-corrected chi connectivity index (χ4v) is 0.722. The molecule has 1 heterocycles. The lowest BCUT2D eigenvalue weighted by atomic mass is 10.3. The fraction of sp³-hybridized carbons (Fsp3) is 0.167. The van der Waals surface area contributed by atoms with Crippen LogP contribution in [0, 0.1) is 12.7 Å². The lowest BCUT2D eigenvalue weighted by Gasteiger charge is -1.93. The molecule has 0 unspecified atom stereocenters. The molecule has 48 valence electrons. The molecule has 0 aliphatic carbocycles. The second-order valence-corrected chi connectivity index (χ2v) is 2.16. The van der Waals surface area contributed by atoms with Crippen LogP contribution in [-0.4, -0.2) is 4.98 Å². The summed E-state index contributed by atoms with van der Waals surface area (Å²) in [6.07, 6.45) is 2.71. The van der Waals surface area contributed by atoms with Crippen LogP contribution in [0.5, 0.6) is 0 Å². The highest BCUT2D eigenvalue weighted by Gasteiger charge is 2.00. The molecular weight excluding hydrogens is 141 g/mol. The van der Waals surface area contributed by atoms with Gasteiger partial charge in [-0.2, -0.15) is 0 Å². The van der Waals surface area contributed by atoms with Crippen molar-refractivity contribution in [3.8, 4) is 0 Å². The summed E-state index contributed by atoms with van der Waals surface area (Å²) in [7, 11) is 0. The van der Waals surface area contributed by atoms with E-state index in [4.69, 9.17) is 11.6 Å². The molecule has 0 saturated heterocycles. The van der Waals surface area contributed by atoms with Gasteiger partial charge in [-0.25, -0.2) is 4.39 Å². The highest BCUT2D eigenvalue weighted by molar-refractivity contribution is 6.30. The second-order valence-electron chi connectivity index (χ2n) is 1.75. The molecule has 1 aromatic heterocycles. The summed E-state index contributed by atoms with van der Waals surface area (Å²) in [4.78, 5) is 3.67. The Morgan fingerprint density at radius 2 is 2.22 bits per heavy atom. The summed E-state index contributed by atoms with van der Waals surface area (Å²) >= 11 is 5.38. The molecule has 0 N–H and O–H groups in total. The molecular formula is C6H5ClFN. The van der Waals surface area contributed by atoms with Crippen LogP contribution >= 0.6 is 11.6 Å². The first-order valence-electron chi connectivity index (χ1n) is 2.47. The van der Waals surface area contributed by atoms with Crippen LogP contribution in [-0.2, 0) is 0 Å². The molecule has 9 heavy (non-hydrogen) atoms. The van der Waals surface area contributed by atoms with Crippen LogP contribution in [0.2, 0.25) is 5.02 Å². The smallest absolute Gasteiger partial charge is 0.147 e. The van der Waals surface area contributed by atoms with Crippen LogP contribution in [0.25, 0.3) is 0 Å². The van der Waals surface area contributed by atoms with Crippen LogP contribution < -0.4 is 0 Å². The average molecular weight is 146 g/mol. The van der Waals surface area contributed by atoms with Gasteiger partial charge in [-0.1, -0.05) is 11.6 Å². The van der Waals surface area contributed by atoms with E-state index in [-0.39, 0.29) is 10.8 Å². The Morgan fingerprint density at radius 3 is 2.67 bits per heavy atom. The van der Waals surface area contributed by atoms with E-state index >= 15 is 0 Å². The number of nitrogens with zero attached hydrogens (tertiary/aromatic N) is 1. The lowest BCUT2D eigenvalue weighted by molar-refractivity contribution is 0.616. The number of halogens is 2. The number of aryl methyl sites for hydroxylation is 1. The molecule has 1 aromatic rings. The van der Waals surface area contributed by atoms with Crippen LogP contribution in [0.1, 0.15) is 5.56 Å². The SMILES string of the molecule is Cc1cncc(Cl)c1F. The summed E-state index contributed by atoms with van der Waals surface area (Å²) < 4.78 is 12.6. The van der Waals surface area contributed by atoms with Gasteiger partial charge in [0, 0.05) is 18.0 Å². The van der Waals surface area contributed by atoms with Gasteiger partial charge in [-0.3, -0.25) is 4.98 Å². The first kappa shape index (κ1) is 6.49. The normalized spacial score (nSPS) is 9.67. The largest absolute Gasteiger partial charge is 0.263 e. The second kappa shape index (κ2) is 2.31. The zero-order chi connectivity index (χ0) is 6.85. The van der Waals surface area contributed by atoms with E-state index in [2.05, 4.69) is 4.98 Å². The summed E-state index contributed by atoms with van der Waals surface area (Å²) in [5.74, 6) is -0.383. The molecule has 0 aliphatic heterocycles. The van der Waals surface area contributed by atoms with Crippen LogP contribution in [0.3, 0.4) is 0 Å². The maximum absolute atomic E-state index is 12.6. The van der Waals surface area contributed by atoms with Gasteiger partial charge in [-0.05, 0) is 6.92 Å². The van der Waals surface area contributed by atoms with Crippen LogP contribution in [0.4, 0.5) is 4.39 Å². The van der Waals surface area contributed by atoms with Crippen molar-refractivity contribution in [1.82, 2.24) is 4.98 Å². The number of hydrogen-bond acceptors (Lipinski definition) is 1. The number of pyridine rings is 1. The molecule has 1 nitrogen and oxygen atoms in total. The predicted octanol–water partition coefficient (Wildman–Crippen LogP) is 2.18. The summed E-state index contributed by atoms with van der Waals surface area (Å²) in [6.45, 7) is 1.62. The molecule has 1 rings (SSSR count). The van der Waals surface area contributed by atoms with Crippen molar-refractivity contribution in [3.05, 3.63) is 28.8 Å². The molecule has 0 aromatic carbocycles. The third-order valence-electron chi connectivity index (χ3n) is 1.01.